The minimum atomic E-state index is -5.51. The Balaban J connectivity index is 1.74. The first-order valence-electron chi connectivity index (χ1n) is 7.97. The number of anilines is 1. The van der Waals surface area contributed by atoms with Gasteiger partial charge in [0.05, 0.1) is 12.9 Å². The van der Waals surface area contributed by atoms with E-state index in [0.717, 1.165) is 6.33 Å². The Kier molecular flexibility index (Phi) is 6.68. The summed E-state index contributed by atoms with van der Waals surface area (Å²) in [5, 5.41) is 20.5. The Morgan fingerprint density at radius 1 is 1.13 bits per heavy atom. The first-order chi connectivity index (χ1) is 14.2. The van der Waals surface area contributed by atoms with Crippen LogP contribution in [0.25, 0.3) is 11.2 Å². The number of imidazole rings is 1. The van der Waals surface area contributed by atoms with Gasteiger partial charge in [-0.1, -0.05) is 0 Å². The van der Waals surface area contributed by atoms with Gasteiger partial charge in [-0.25, -0.2) is 24.1 Å². The van der Waals surface area contributed by atoms with E-state index >= 15 is 0 Å². The molecule has 2 aromatic rings. The summed E-state index contributed by atoms with van der Waals surface area (Å²) >= 11 is 0. The van der Waals surface area contributed by atoms with Crippen LogP contribution >= 0.6 is 23.3 Å². The first kappa shape index (κ1) is 24.3. The van der Waals surface area contributed by atoms with Crippen molar-refractivity contribution in [3.05, 3.63) is 12.7 Å². The number of hydrogen-bond donors (Lipinski definition) is 8. The third-order valence-corrected chi connectivity index (χ3v) is 7.89. The summed E-state index contributed by atoms with van der Waals surface area (Å²) in [5.74, 6) is 0.0550. The van der Waals surface area contributed by atoms with Crippen LogP contribution in [0.15, 0.2) is 17.2 Å². The Bertz CT molecular complexity index is 1110. The molecular weight excluding hydrogens is 489 g/mol. The van der Waals surface area contributed by atoms with E-state index in [4.69, 9.17) is 20.3 Å². The molecule has 1 unspecified atom stereocenters. The fraction of sp³-hybridized carbons (Fsp3) is 0.500. The highest BCUT2D eigenvalue weighted by molar-refractivity contribution is 7.67. The third-order valence-electron chi connectivity index (χ3n) is 3.85. The molecule has 31 heavy (non-hydrogen) atoms. The summed E-state index contributed by atoms with van der Waals surface area (Å²) in [5.41, 5.74) is 6.05. The van der Waals surface area contributed by atoms with Crippen molar-refractivity contribution in [2.75, 3.05) is 12.3 Å². The highest BCUT2D eigenvalue weighted by atomic mass is 31.3. The molecule has 0 aliphatic carbocycles. The van der Waals surface area contributed by atoms with Crippen LogP contribution in [-0.2, 0) is 22.7 Å². The maximum Gasteiger partial charge on any atom is 0.478 e. The van der Waals surface area contributed by atoms with E-state index in [1.807, 2.05) is 0 Å². The van der Waals surface area contributed by atoms with Gasteiger partial charge in [-0.2, -0.15) is 4.31 Å². The van der Waals surface area contributed by atoms with E-state index in [0.29, 0.717) is 0 Å². The topological polar surface area (TPSA) is 285 Å². The molecule has 3 heterocycles. The molecule has 0 radical (unpaired) electrons. The lowest BCUT2D eigenvalue weighted by Gasteiger charge is -2.18. The molecule has 1 saturated heterocycles. The quantitative estimate of drug-likeness (QED) is 0.192. The van der Waals surface area contributed by atoms with Gasteiger partial charge in [-0.3, -0.25) is 9.09 Å². The second kappa shape index (κ2) is 8.53. The summed E-state index contributed by atoms with van der Waals surface area (Å²) in [6.07, 6.45) is -3.50. The van der Waals surface area contributed by atoms with Crippen LogP contribution in [-0.4, -0.2) is 79.1 Å². The SMILES string of the molecule is Nc1ncnc2c1ncn2[C@H]1O[C@@H](COP(O)(O)=NP(=O)(O)OP(=O)(O)O)[C@H](O)[C@@H]1O. The molecule has 0 spiro atoms. The number of ether oxygens (including phenoxy) is 1. The van der Waals surface area contributed by atoms with Gasteiger partial charge in [0.15, 0.2) is 17.7 Å². The monoisotopic (exact) mass is 506 g/mol. The van der Waals surface area contributed by atoms with Crippen LogP contribution < -0.4 is 5.73 Å². The van der Waals surface area contributed by atoms with Gasteiger partial charge < -0.3 is 45.2 Å². The highest BCUT2D eigenvalue weighted by Crippen LogP contribution is 2.63. The van der Waals surface area contributed by atoms with E-state index < -0.39 is 54.5 Å². The maximum atomic E-state index is 11.5. The fourth-order valence-electron chi connectivity index (χ4n) is 2.65. The Morgan fingerprint density at radius 2 is 1.81 bits per heavy atom. The molecule has 0 aromatic carbocycles. The Hall–Kier alpha value is -1.36. The number of aliphatic hydroxyl groups is 2. The molecule has 0 amide bonds. The largest absolute Gasteiger partial charge is 0.478 e. The number of nitrogen functional groups attached to an aromatic ring is 1. The predicted octanol–water partition coefficient (Wildman–Crippen LogP) is -1.82. The van der Waals surface area contributed by atoms with E-state index in [9.17, 15) is 34.0 Å². The maximum absolute atomic E-state index is 11.5. The average Bonchev–Trinajstić information content (AvgIpc) is 3.13. The fourth-order valence-corrected chi connectivity index (χ4v) is 5.92. The minimum absolute atomic E-state index is 0.0550. The number of nitrogens with zero attached hydrogens (tertiary/aromatic N) is 5. The van der Waals surface area contributed by atoms with Crippen molar-refractivity contribution >= 4 is 40.3 Å². The number of aromatic nitrogens is 4. The number of fused-ring (bicyclic) bond motifs is 1. The smallest absolute Gasteiger partial charge is 0.387 e. The van der Waals surface area contributed by atoms with Gasteiger partial charge in [0, 0.05) is 0 Å². The number of rotatable bonds is 7. The van der Waals surface area contributed by atoms with E-state index in [2.05, 4.69) is 28.3 Å². The molecule has 174 valence electrons. The number of phosphoric acid groups is 1. The van der Waals surface area contributed by atoms with Crippen molar-refractivity contribution < 1.29 is 57.4 Å². The van der Waals surface area contributed by atoms with Gasteiger partial charge in [-0.05, 0) is 0 Å². The van der Waals surface area contributed by atoms with E-state index in [1.54, 1.807) is 0 Å². The van der Waals surface area contributed by atoms with Crippen molar-refractivity contribution in [2.45, 2.75) is 24.5 Å². The van der Waals surface area contributed by atoms with Crippen molar-refractivity contribution in [3.63, 3.8) is 0 Å². The lowest BCUT2D eigenvalue weighted by atomic mass is 10.1. The van der Waals surface area contributed by atoms with Crippen LogP contribution in [0.2, 0.25) is 0 Å². The van der Waals surface area contributed by atoms with Crippen LogP contribution in [0.4, 0.5) is 5.82 Å². The predicted molar refractivity (Wildman–Crippen MR) is 98.4 cm³/mol. The van der Waals surface area contributed by atoms with Crippen molar-refractivity contribution in [1.29, 1.82) is 0 Å². The second-order valence-corrected chi connectivity index (χ2v) is 10.7. The standard InChI is InChI=1S/C10H17N6O12P3/c11-8-5-9(13-2-12-8)16(3-14-5)10-7(18)6(17)4(27-10)1-26-29(19,20)15-30(21,22)28-31(23,24)25/h2-4,6-7,10,17-20H,1H2,(H,21,22)(H2,11,12,13)(H2,23,24,25)/t4-,6-,7-,10-/m0/s1. The van der Waals surface area contributed by atoms with Gasteiger partial charge in [0.1, 0.15) is 30.2 Å². The van der Waals surface area contributed by atoms with Crippen LogP contribution in [0.3, 0.4) is 0 Å². The van der Waals surface area contributed by atoms with Crippen molar-refractivity contribution in [1.82, 2.24) is 19.5 Å². The molecule has 9 N–H and O–H groups in total. The zero-order valence-corrected chi connectivity index (χ0v) is 17.7. The molecule has 0 saturated carbocycles. The number of aliphatic hydroxyl groups excluding tert-OH is 2. The molecule has 18 nitrogen and oxygen atoms in total. The van der Waals surface area contributed by atoms with Gasteiger partial charge >= 0.3 is 23.3 Å². The van der Waals surface area contributed by atoms with Crippen LogP contribution in [0, 0.1) is 0 Å². The van der Waals surface area contributed by atoms with Gasteiger partial charge in [-0.15, -0.1) is 4.52 Å². The van der Waals surface area contributed by atoms with Crippen molar-refractivity contribution in [3.8, 4) is 0 Å². The zero-order chi connectivity index (χ0) is 23.2. The average molecular weight is 506 g/mol. The normalized spacial score (nSPS) is 26.8. The van der Waals surface area contributed by atoms with E-state index in [-0.39, 0.29) is 17.0 Å². The van der Waals surface area contributed by atoms with Crippen LogP contribution in [0.1, 0.15) is 6.23 Å². The number of hydrogen-bond acceptors (Lipinski definition) is 11. The zero-order valence-electron chi connectivity index (χ0n) is 15.0. The molecule has 3 rings (SSSR count). The molecule has 1 fully saturated rings. The second-order valence-electron chi connectivity index (χ2n) is 6.09. The summed E-state index contributed by atoms with van der Waals surface area (Å²) in [6.45, 7) is -0.862. The summed E-state index contributed by atoms with van der Waals surface area (Å²) in [6, 6.07) is 0. The Labute approximate surface area is 172 Å². The van der Waals surface area contributed by atoms with E-state index in [1.165, 1.54) is 10.9 Å². The Morgan fingerprint density at radius 3 is 2.45 bits per heavy atom. The highest BCUT2D eigenvalue weighted by Gasteiger charge is 2.45. The lowest BCUT2D eigenvalue weighted by Crippen LogP contribution is -2.33. The van der Waals surface area contributed by atoms with Crippen LogP contribution in [0.5, 0.6) is 0 Å². The molecule has 1 aliphatic heterocycles. The lowest BCUT2D eigenvalue weighted by molar-refractivity contribution is -0.0490. The molecular formula is C10H17N6O12P3. The minimum Gasteiger partial charge on any atom is -0.387 e. The molecule has 5 atom stereocenters. The van der Waals surface area contributed by atoms with Crippen molar-refractivity contribution in [2.24, 2.45) is 4.52 Å². The summed E-state index contributed by atoms with van der Waals surface area (Å²) in [4.78, 5) is 57.3. The summed E-state index contributed by atoms with van der Waals surface area (Å²) in [7, 11) is -16.1. The van der Waals surface area contributed by atoms with Gasteiger partial charge in [0.25, 0.3) is 0 Å². The number of nitrogens with two attached hydrogens (primary N) is 1. The van der Waals surface area contributed by atoms with Gasteiger partial charge in [0.2, 0.25) is 0 Å². The summed E-state index contributed by atoms with van der Waals surface area (Å²) < 4.78 is 39.3. The molecule has 2 aromatic heterocycles. The first-order valence-corrected chi connectivity index (χ1v) is 12.6. The molecule has 0 bridgehead atoms. The molecule has 21 heteroatoms. The third kappa shape index (κ3) is 5.71. The molecule has 1 aliphatic rings.